The summed E-state index contributed by atoms with van der Waals surface area (Å²) >= 11 is 1.58. The molecule has 22 heavy (non-hydrogen) atoms. The van der Waals surface area contributed by atoms with Crippen LogP contribution in [0.4, 0.5) is 0 Å². The van der Waals surface area contributed by atoms with Gasteiger partial charge in [-0.25, -0.2) is 9.78 Å². The third-order valence-electron chi connectivity index (χ3n) is 3.52. The number of rotatable bonds is 5. The average Bonchev–Trinajstić information content (AvgIpc) is 3.10. The van der Waals surface area contributed by atoms with Crippen molar-refractivity contribution in [2.24, 2.45) is 0 Å². The Kier molecular flexibility index (Phi) is 4.37. The van der Waals surface area contributed by atoms with Crippen molar-refractivity contribution in [3.8, 4) is 5.75 Å². The van der Waals surface area contributed by atoms with E-state index >= 15 is 0 Å². The number of β-amino-alcohol motifs (C(OH)–C–C–N with tert-alkyl or cyclic N) is 1. The molecule has 1 aromatic heterocycles. The summed E-state index contributed by atoms with van der Waals surface area (Å²) in [7, 11) is 0. The molecule has 2 atom stereocenters. The van der Waals surface area contributed by atoms with Crippen molar-refractivity contribution in [2.45, 2.75) is 18.8 Å². The maximum absolute atomic E-state index is 11.0. The number of carboxylic acid groups (broad SMARTS) is 1. The minimum absolute atomic E-state index is 0.171. The van der Waals surface area contributed by atoms with E-state index in [9.17, 15) is 9.90 Å². The summed E-state index contributed by atoms with van der Waals surface area (Å²) in [6.07, 6.45) is 0.787. The summed E-state index contributed by atoms with van der Waals surface area (Å²) in [6, 6.07) is 6.31. The zero-order valence-corrected chi connectivity index (χ0v) is 12.6. The maximum Gasteiger partial charge on any atom is 0.335 e. The van der Waals surface area contributed by atoms with Crippen molar-refractivity contribution < 1.29 is 19.7 Å². The molecule has 0 aliphatic carbocycles. The molecule has 116 valence electrons. The van der Waals surface area contributed by atoms with Crippen LogP contribution in [0.5, 0.6) is 5.75 Å². The molecule has 1 fully saturated rings. The van der Waals surface area contributed by atoms with Crippen LogP contribution in [-0.2, 0) is 6.54 Å². The van der Waals surface area contributed by atoms with Crippen molar-refractivity contribution >= 4 is 17.3 Å². The number of aliphatic hydroxyl groups excluding tert-OH is 1. The van der Waals surface area contributed by atoms with Crippen molar-refractivity contribution in [1.29, 1.82) is 0 Å². The van der Waals surface area contributed by atoms with E-state index in [0.717, 1.165) is 5.01 Å². The second kappa shape index (κ2) is 6.43. The Morgan fingerprint density at radius 3 is 3.05 bits per heavy atom. The molecule has 0 saturated carbocycles. The first-order valence-corrected chi connectivity index (χ1v) is 7.78. The summed E-state index contributed by atoms with van der Waals surface area (Å²) in [5.74, 6) is -0.539. The Balaban J connectivity index is 1.63. The van der Waals surface area contributed by atoms with Gasteiger partial charge in [0.2, 0.25) is 0 Å². The average molecular weight is 320 g/mol. The lowest BCUT2D eigenvalue weighted by Gasteiger charge is -2.17. The normalized spacial score (nSPS) is 21.9. The standard InChI is InChI=1S/C15H16N2O4S/c18-12-7-17(9-14-16-4-5-22-14)8-13(12)21-11-3-1-2-10(6-11)15(19)20/h1-6,12-13,18H,7-9H2,(H,19,20)/t12-,13-/m1/s1. The minimum Gasteiger partial charge on any atom is -0.486 e. The summed E-state index contributed by atoms with van der Waals surface area (Å²) in [4.78, 5) is 17.3. The lowest BCUT2D eigenvalue weighted by molar-refractivity contribution is 0.0688. The van der Waals surface area contributed by atoms with Gasteiger partial charge < -0.3 is 14.9 Å². The highest BCUT2D eigenvalue weighted by Gasteiger charge is 2.33. The van der Waals surface area contributed by atoms with E-state index in [1.54, 1.807) is 29.7 Å². The Labute approximate surface area is 131 Å². The number of nitrogens with zero attached hydrogens (tertiary/aromatic N) is 2. The van der Waals surface area contributed by atoms with E-state index in [0.29, 0.717) is 25.4 Å². The third-order valence-corrected chi connectivity index (χ3v) is 4.29. The van der Waals surface area contributed by atoms with Crippen LogP contribution in [0.25, 0.3) is 0 Å². The van der Waals surface area contributed by atoms with Gasteiger partial charge in [-0.05, 0) is 18.2 Å². The van der Waals surface area contributed by atoms with Crippen molar-refractivity contribution in [3.63, 3.8) is 0 Å². The number of aliphatic hydroxyl groups is 1. The Morgan fingerprint density at radius 1 is 1.45 bits per heavy atom. The molecule has 2 aromatic rings. The maximum atomic E-state index is 11.0. The number of ether oxygens (including phenoxy) is 1. The van der Waals surface area contributed by atoms with Gasteiger partial charge in [0.05, 0.1) is 12.1 Å². The van der Waals surface area contributed by atoms with Crippen molar-refractivity contribution in [1.82, 2.24) is 9.88 Å². The molecule has 1 aliphatic rings. The van der Waals surface area contributed by atoms with Crippen LogP contribution < -0.4 is 4.74 Å². The van der Waals surface area contributed by atoms with Gasteiger partial charge in [-0.2, -0.15) is 0 Å². The third kappa shape index (κ3) is 3.44. The first kappa shape index (κ1) is 15.0. The van der Waals surface area contributed by atoms with E-state index in [2.05, 4.69) is 9.88 Å². The molecule has 0 unspecified atom stereocenters. The first-order valence-electron chi connectivity index (χ1n) is 6.90. The predicted molar refractivity (Wildman–Crippen MR) is 81.2 cm³/mol. The molecular formula is C15H16N2O4S. The summed E-state index contributed by atoms with van der Waals surface area (Å²) in [5.41, 5.74) is 0.171. The number of aromatic carboxylic acids is 1. The molecule has 3 rings (SSSR count). The van der Waals surface area contributed by atoms with Gasteiger partial charge >= 0.3 is 5.97 Å². The zero-order valence-electron chi connectivity index (χ0n) is 11.8. The first-order chi connectivity index (χ1) is 10.6. The highest BCUT2D eigenvalue weighted by atomic mass is 32.1. The minimum atomic E-state index is -0.997. The molecule has 0 amide bonds. The molecule has 2 heterocycles. The highest BCUT2D eigenvalue weighted by Crippen LogP contribution is 2.21. The monoisotopic (exact) mass is 320 g/mol. The van der Waals surface area contributed by atoms with Gasteiger partial charge in [0.15, 0.2) is 0 Å². The number of carbonyl (C=O) groups is 1. The van der Waals surface area contributed by atoms with Crippen molar-refractivity contribution in [3.05, 3.63) is 46.4 Å². The van der Waals surface area contributed by atoms with E-state index in [4.69, 9.17) is 9.84 Å². The van der Waals surface area contributed by atoms with Gasteiger partial charge in [0, 0.05) is 24.7 Å². The van der Waals surface area contributed by atoms with Crippen LogP contribution in [-0.4, -0.2) is 51.4 Å². The zero-order chi connectivity index (χ0) is 15.5. The lowest BCUT2D eigenvalue weighted by atomic mass is 10.2. The molecule has 6 nitrogen and oxygen atoms in total. The highest BCUT2D eigenvalue weighted by molar-refractivity contribution is 7.09. The molecule has 1 saturated heterocycles. The van der Waals surface area contributed by atoms with Gasteiger partial charge in [-0.1, -0.05) is 6.07 Å². The molecule has 0 spiro atoms. The molecular weight excluding hydrogens is 304 g/mol. The van der Waals surface area contributed by atoms with Crippen LogP contribution in [0.15, 0.2) is 35.8 Å². The fourth-order valence-corrected chi connectivity index (χ4v) is 3.13. The van der Waals surface area contributed by atoms with E-state index < -0.39 is 12.1 Å². The molecule has 1 aromatic carbocycles. The van der Waals surface area contributed by atoms with Gasteiger partial charge in [0.1, 0.15) is 23.0 Å². The van der Waals surface area contributed by atoms with Crippen LogP contribution in [0.1, 0.15) is 15.4 Å². The second-order valence-corrected chi connectivity index (χ2v) is 6.16. The van der Waals surface area contributed by atoms with Gasteiger partial charge in [0.25, 0.3) is 0 Å². The Morgan fingerprint density at radius 2 is 2.32 bits per heavy atom. The molecule has 0 bridgehead atoms. The van der Waals surface area contributed by atoms with E-state index in [1.807, 2.05) is 5.38 Å². The Hall–Kier alpha value is -1.96. The summed E-state index contributed by atoms with van der Waals surface area (Å²) in [5, 5.41) is 22.0. The molecule has 2 N–H and O–H groups in total. The van der Waals surface area contributed by atoms with Crippen LogP contribution in [0.3, 0.4) is 0 Å². The molecule has 7 heteroatoms. The number of thiazole rings is 1. The van der Waals surface area contributed by atoms with Crippen LogP contribution in [0.2, 0.25) is 0 Å². The van der Waals surface area contributed by atoms with Crippen molar-refractivity contribution in [2.75, 3.05) is 13.1 Å². The molecule has 1 aliphatic heterocycles. The lowest BCUT2D eigenvalue weighted by Crippen LogP contribution is -2.30. The molecule has 0 radical (unpaired) electrons. The summed E-state index contributed by atoms with van der Waals surface area (Å²) in [6.45, 7) is 1.78. The number of carboxylic acids is 1. The SMILES string of the molecule is O=C(O)c1cccc(O[C@@H]2CN(Cc3nccs3)C[C@H]2O)c1. The fourth-order valence-electron chi connectivity index (χ4n) is 2.48. The van der Waals surface area contributed by atoms with Gasteiger partial charge in [-0.3, -0.25) is 4.90 Å². The number of likely N-dealkylation sites (tertiary alicyclic amines) is 1. The number of benzene rings is 1. The van der Waals surface area contributed by atoms with E-state index in [-0.39, 0.29) is 11.7 Å². The predicted octanol–water partition coefficient (Wildman–Crippen LogP) is 1.47. The van der Waals surface area contributed by atoms with Crippen LogP contribution >= 0.6 is 11.3 Å². The van der Waals surface area contributed by atoms with Gasteiger partial charge in [-0.15, -0.1) is 11.3 Å². The Bertz CT molecular complexity index is 647. The quantitative estimate of drug-likeness (QED) is 0.868. The van der Waals surface area contributed by atoms with E-state index in [1.165, 1.54) is 12.1 Å². The van der Waals surface area contributed by atoms with Crippen LogP contribution in [0, 0.1) is 0 Å². The largest absolute Gasteiger partial charge is 0.486 e. The fraction of sp³-hybridized carbons (Fsp3) is 0.333. The number of aromatic nitrogens is 1. The topological polar surface area (TPSA) is 82.9 Å². The second-order valence-electron chi connectivity index (χ2n) is 5.18. The smallest absolute Gasteiger partial charge is 0.335 e. The summed E-state index contributed by atoms with van der Waals surface area (Å²) < 4.78 is 5.76. The number of hydrogen-bond donors (Lipinski definition) is 2. The number of hydrogen-bond acceptors (Lipinski definition) is 6.